The van der Waals surface area contributed by atoms with Crippen LogP contribution in [0.1, 0.15) is 19.8 Å². The molecule has 0 spiro atoms. The molecule has 8 nitrogen and oxygen atoms in total. The van der Waals surface area contributed by atoms with Crippen molar-refractivity contribution >= 4 is 23.0 Å². The second-order valence-electron chi connectivity index (χ2n) is 4.57. The van der Waals surface area contributed by atoms with E-state index in [0.717, 1.165) is 18.5 Å². The van der Waals surface area contributed by atoms with Gasteiger partial charge in [0.25, 0.3) is 0 Å². The molecule has 0 bridgehead atoms. The molecule has 0 atom stereocenters. The topological polar surface area (TPSA) is 105 Å². The maximum absolute atomic E-state index is 11.3. The fourth-order valence-corrected chi connectivity index (χ4v) is 1.81. The molecular formula is C14H18N6O2. The van der Waals surface area contributed by atoms with Crippen LogP contribution in [0.25, 0.3) is 0 Å². The van der Waals surface area contributed by atoms with Crippen LogP contribution in [0.15, 0.2) is 36.7 Å². The Bertz CT molecular complexity index is 620. The van der Waals surface area contributed by atoms with E-state index in [0.29, 0.717) is 6.54 Å². The van der Waals surface area contributed by atoms with Crippen molar-refractivity contribution in [1.82, 2.24) is 9.97 Å². The summed E-state index contributed by atoms with van der Waals surface area (Å²) in [5, 5.41) is 14.3. The van der Waals surface area contributed by atoms with E-state index in [1.165, 1.54) is 6.33 Å². The molecule has 116 valence electrons. The Morgan fingerprint density at radius 2 is 1.86 bits per heavy atom. The lowest BCUT2D eigenvalue weighted by molar-refractivity contribution is -0.383. The largest absolute Gasteiger partial charge is 0.364 e. The Hall–Kier alpha value is -2.90. The van der Waals surface area contributed by atoms with Gasteiger partial charge in [0, 0.05) is 6.54 Å². The zero-order chi connectivity index (χ0) is 15.8. The average Bonchev–Trinajstić information content (AvgIpc) is 2.54. The Labute approximate surface area is 128 Å². The fraction of sp³-hybridized carbons (Fsp3) is 0.286. The number of anilines is 3. The van der Waals surface area contributed by atoms with Crippen molar-refractivity contribution in [1.29, 1.82) is 0 Å². The second kappa shape index (κ2) is 7.77. The molecule has 2 aromatic rings. The first-order valence-corrected chi connectivity index (χ1v) is 7.02. The predicted molar refractivity (Wildman–Crippen MR) is 85.8 cm³/mol. The molecule has 0 aliphatic rings. The van der Waals surface area contributed by atoms with Gasteiger partial charge in [-0.15, -0.1) is 0 Å². The SMILES string of the molecule is CCCCNc1ncnc(NNc2ccccc2)c1[N+](=O)[O-]. The van der Waals surface area contributed by atoms with E-state index >= 15 is 0 Å². The molecular weight excluding hydrogens is 284 g/mol. The van der Waals surface area contributed by atoms with Crippen LogP contribution in [-0.2, 0) is 0 Å². The average molecular weight is 302 g/mol. The molecule has 1 heterocycles. The lowest BCUT2D eigenvalue weighted by atomic mass is 10.3. The van der Waals surface area contributed by atoms with E-state index in [1.807, 2.05) is 37.3 Å². The molecule has 1 aromatic heterocycles. The van der Waals surface area contributed by atoms with Gasteiger partial charge >= 0.3 is 5.69 Å². The van der Waals surface area contributed by atoms with Gasteiger partial charge < -0.3 is 5.32 Å². The van der Waals surface area contributed by atoms with Gasteiger partial charge in [0.2, 0.25) is 11.6 Å². The lowest BCUT2D eigenvalue weighted by Crippen LogP contribution is -2.14. The van der Waals surface area contributed by atoms with E-state index < -0.39 is 4.92 Å². The third kappa shape index (κ3) is 4.05. The maximum Gasteiger partial charge on any atom is 0.354 e. The summed E-state index contributed by atoms with van der Waals surface area (Å²) in [5.41, 5.74) is 6.23. The molecule has 0 radical (unpaired) electrons. The number of nitrogens with zero attached hydrogens (tertiary/aromatic N) is 3. The van der Waals surface area contributed by atoms with E-state index in [4.69, 9.17) is 0 Å². The van der Waals surface area contributed by atoms with Gasteiger partial charge in [0.05, 0.1) is 10.6 Å². The number of hydrogen-bond acceptors (Lipinski definition) is 7. The third-order valence-electron chi connectivity index (χ3n) is 2.93. The zero-order valence-electron chi connectivity index (χ0n) is 12.2. The van der Waals surface area contributed by atoms with Crippen LogP contribution < -0.4 is 16.2 Å². The summed E-state index contributed by atoms with van der Waals surface area (Å²) in [6.45, 7) is 2.67. The molecule has 0 fully saturated rings. The summed E-state index contributed by atoms with van der Waals surface area (Å²) in [5.74, 6) is 0.327. The Morgan fingerprint density at radius 3 is 2.55 bits per heavy atom. The summed E-state index contributed by atoms with van der Waals surface area (Å²) in [4.78, 5) is 18.7. The van der Waals surface area contributed by atoms with Crippen molar-refractivity contribution < 1.29 is 4.92 Å². The summed E-state index contributed by atoms with van der Waals surface area (Å²) in [6.07, 6.45) is 3.19. The van der Waals surface area contributed by atoms with Crippen LogP contribution in [0.2, 0.25) is 0 Å². The molecule has 3 N–H and O–H groups in total. The van der Waals surface area contributed by atoms with Crippen LogP contribution in [-0.4, -0.2) is 21.4 Å². The summed E-state index contributed by atoms with van der Waals surface area (Å²) in [7, 11) is 0. The first kappa shape index (κ1) is 15.5. The maximum atomic E-state index is 11.3. The summed E-state index contributed by atoms with van der Waals surface area (Å²) >= 11 is 0. The number of hydrogen-bond donors (Lipinski definition) is 3. The van der Waals surface area contributed by atoms with Gasteiger partial charge in [0.1, 0.15) is 6.33 Å². The van der Waals surface area contributed by atoms with Crippen LogP contribution in [0, 0.1) is 10.1 Å². The molecule has 1 aromatic carbocycles. The minimum Gasteiger partial charge on any atom is -0.364 e. The number of para-hydroxylation sites is 1. The second-order valence-corrected chi connectivity index (χ2v) is 4.57. The Kier molecular flexibility index (Phi) is 5.47. The molecule has 0 unspecified atom stereocenters. The minimum absolute atomic E-state index is 0.114. The van der Waals surface area contributed by atoms with Crippen molar-refractivity contribution in [2.75, 3.05) is 22.7 Å². The smallest absolute Gasteiger partial charge is 0.354 e. The first-order chi connectivity index (χ1) is 10.7. The highest BCUT2D eigenvalue weighted by Crippen LogP contribution is 2.28. The van der Waals surface area contributed by atoms with E-state index in [9.17, 15) is 10.1 Å². The summed E-state index contributed by atoms with van der Waals surface area (Å²) in [6, 6.07) is 9.27. The standard InChI is InChI=1S/C14H18N6O2/c1-2-3-9-15-13-12(20(21)22)14(17-10-16-13)19-18-11-7-5-4-6-8-11/h4-8,10,18H,2-3,9H2,1H3,(H2,15,16,17,19). The minimum atomic E-state index is -0.497. The molecule has 0 aliphatic carbocycles. The van der Waals surface area contributed by atoms with Gasteiger partial charge in [0.15, 0.2) is 0 Å². The third-order valence-corrected chi connectivity index (χ3v) is 2.93. The number of aromatic nitrogens is 2. The quantitative estimate of drug-likeness (QED) is 0.391. The van der Waals surface area contributed by atoms with Crippen molar-refractivity contribution in [2.24, 2.45) is 0 Å². The van der Waals surface area contributed by atoms with Crippen molar-refractivity contribution in [3.63, 3.8) is 0 Å². The zero-order valence-corrected chi connectivity index (χ0v) is 12.2. The molecule has 8 heteroatoms. The van der Waals surface area contributed by atoms with E-state index in [1.54, 1.807) is 0 Å². The van der Waals surface area contributed by atoms with Crippen LogP contribution in [0.4, 0.5) is 23.0 Å². The Morgan fingerprint density at radius 1 is 1.14 bits per heavy atom. The van der Waals surface area contributed by atoms with E-state index in [-0.39, 0.29) is 17.3 Å². The highest BCUT2D eigenvalue weighted by atomic mass is 16.6. The van der Waals surface area contributed by atoms with Gasteiger partial charge in [-0.2, -0.15) is 0 Å². The number of benzene rings is 1. The molecule has 0 saturated carbocycles. The molecule has 2 rings (SSSR count). The van der Waals surface area contributed by atoms with Crippen LogP contribution >= 0.6 is 0 Å². The van der Waals surface area contributed by atoms with Crippen molar-refractivity contribution in [3.8, 4) is 0 Å². The number of nitro groups is 1. The fourth-order valence-electron chi connectivity index (χ4n) is 1.81. The number of hydrazine groups is 1. The predicted octanol–water partition coefficient (Wildman–Crippen LogP) is 3.04. The molecule has 0 aliphatic heterocycles. The van der Waals surface area contributed by atoms with Gasteiger partial charge in [-0.1, -0.05) is 31.5 Å². The highest BCUT2D eigenvalue weighted by Gasteiger charge is 2.22. The number of unbranched alkanes of at least 4 members (excludes halogenated alkanes) is 1. The summed E-state index contributed by atoms with van der Waals surface area (Å²) < 4.78 is 0. The van der Waals surface area contributed by atoms with Crippen molar-refractivity contribution in [2.45, 2.75) is 19.8 Å². The lowest BCUT2D eigenvalue weighted by Gasteiger charge is -2.11. The van der Waals surface area contributed by atoms with Gasteiger partial charge in [-0.05, 0) is 18.6 Å². The number of nitrogens with one attached hydrogen (secondary N) is 3. The Balaban J connectivity index is 2.15. The highest BCUT2D eigenvalue weighted by molar-refractivity contribution is 5.70. The first-order valence-electron chi connectivity index (χ1n) is 7.02. The molecule has 22 heavy (non-hydrogen) atoms. The van der Waals surface area contributed by atoms with E-state index in [2.05, 4.69) is 26.1 Å². The molecule has 0 amide bonds. The monoisotopic (exact) mass is 302 g/mol. The van der Waals surface area contributed by atoms with Gasteiger partial charge in [-0.25, -0.2) is 9.97 Å². The van der Waals surface area contributed by atoms with Crippen LogP contribution in [0.5, 0.6) is 0 Å². The number of rotatable bonds is 8. The van der Waals surface area contributed by atoms with Gasteiger partial charge in [-0.3, -0.25) is 21.0 Å². The van der Waals surface area contributed by atoms with Crippen LogP contribution in [0.3, 0.4) is 0 Å². The normalized spacial score (nSPS) is 10.0. The molecule has 0 saturated heterocycles. The van der Waals surface area contributed by atoms with Crippen molar-refractivity contribution in [3.05, 3.63) is 46.8 Å².